The fourth-order valence-corrected chi connectivity index (χ4v) is 2.09. The topological polar surface area (TPSA) is 63.9 Å². The van der Waals surface area contributed by atoms with Gasteiger partial charge in [0.2, 0.25) is 0 Å². The maximum absolute atomic E-state index is 9.81. The average Bonchev–Trinajstić information content (AvgIpc) is 2.56. The quantitative estimate of drug-likeness (QED) is 0.626. The van der Waals surface area contributed by atoms with Gasteiger partial charge in [0.15, 0.2) is 0 Å². The summed E-state index contributed by atoms with van der Waals surface area (Å²) >= 11 is 0. The fourth-order valence-electron chi connectivity index (χ4n) is 2.09. The summed E-state index contributed by atoms with van der Waals surface area (Å²) < 4.78 is 0. The molecule has 1 aliphatic heterocycles. The van der Waals surface area contributed by atoms with Crippen molar-refractivity contribution in [3.05, 3.63) is 35.9 Å². The van der Waals surface area contributed by atoms with Gasteiger partial charge >= 0.3 is 0 Å². The van der Waals surface area contributed by atoms with Crippen LogP contribution in [0.25, 0.3) is 0 Å². The highest BCUT2D eigenvalue weighted by molar-refractivity contribution is 5.22. The molecule has 82 valence electrons. The van der Waals surface area contributed by atoms with Crippen molar-refractivity contribution in [3.8, 4) is 0 Å². The van der Waals surface area contributed by atoms with Gasteiger partial charge in [0, 0.05) is 6.54 Å². The van der Waals surface area contributed by atoms with E-state index >= 15 is 0 Å². The normalized spacial score (nSPS) is 32.1. The number of aliphatic hydroxyl groups excluding tert-OH is 3. The molecule has 1 aliphatic rings. The minimum Gasteiger partial charge on any atom is -0.389 e. The summed E-state index contributed by atoms with van der Waals surface area (Å²) in [6.45, 7) is 0.144. The third kappa shape index (κ3) is 1.89. The summed E-state index contributed by atoms with van der Waals surface area (Å²) in [5, 5.41) is 28.5. The first-order valence-electron chi connectivity index (χ1n) is 5.00. The van der Waals surface area contributed by atoms with Crippen molar-refractivity contribution >= 4 is 0 Å². The Kier molecular flexibility index (Phi) is 3.02. The Labute approximate surface area is 88.4 Å². The van der Waals surface area contributed by atoms with E-state index in [9.17, 15) is 10.2 Å². The van der Waals surface area contributed by atoms with Crippen LogP contribution in [-0.4, -0.2) is 45.7 Å². The lowest BCUT2D eigenvalue weighted by atomic mass is 10.0. The predicted octanol–water partition coefficient (Wildman–Crippen LogP) is -0.285. The molecule has 1 saturated heterocycles. The van der Waals surface area contributed by atoms with E-state index in [1.165, 1.54) is 0 Å². The second kappa shape index (κ2) is 4.28. The van der Waals surface area contributed by atoms with Crippen LogP contribution in [0.3, 0.4) is 0 Å². The van der Waals surface area contributed by atoms with Crippen molar-refractivity contribution < 1.29 is 15.3 Å². The van der Waals surface area contributed by atoms with Gasteiger partial charge in [-0.3, -0.25) is 4.90 Å². The molecule has 0 spiro atoms. The van der Waals surface area contributed by atoms with E-state index in [4.69, 9.17) is 5.11 Å². The maximum atomic E-state index is 9.81. The smallest absolute Gasteiger partial charge is 0.101 e. The third-order valence-corrected chi connectivity index (χ3v) is 2.86. The van der Waals surface area contributed by atoms with Gasteiger partial charge < -0.3 is 15.3 Å². The summed E-state index contributed by atoms with van der Waals surface area (Å²) in [5.74, 6) is 0. The zero-order valence-electron chi connectivity index (χ0n) is 8.32. The molecular weight excluding hydrogens is 194 g/mol. The molecule has 4 nitrogen and oxygen atoms in total. The molecule has 4 heteroatoms. The Hall–Kier alpha value is -0.940. The zero-order valence-corrected chi connectivity index (χ0v) is 8.32. The average molecular weight is 209 g/mol. The molecule has 2 rings (SSSR count). The van der Waals surface area contributed by atoms with Crippen molar-refractivity contribution in [2.45, 2.75) is 18.2 Å². The lowest BCUT2D eigenvalue weighted by molar-refractivity contribution is 0.0301. The van der Waals surface area contributed by atoms with Crippen LogP contribution in [-0.2, 0) is 0 Å². The van der Waals surface area contributed by atoms with Crippen LogP contribution in [0, 0.1) is 0 Å². The minimum absolute atomic E-state index is 0.159. The highest BCUT2D eigenvalue weighted by Crippen LogP contribution is 2.31. The highest BCUT2D eigenvalue weighted by atomic mass is 16.3. The molecule has 0 aromatic heterocycles. The van der Waals surface area contributed by atoms with E-state index in [-0.39, 0.29) is 12.8 Å². The highest BCUT2D eigenvalue weighted by Gasteiger charge is 2.40. The number of aliphatic hydroxyl groups is 3. The number of rotatable bonds is 2. The first-order chi connectivity index (χ1) is 7.24. The van der Waals surface area contributed by atoms with Crippen LogP contribution in [0.1, 0.15) is 11.6 Å². The molecule has 3 N–H and O–H groups in total. The van der Waals surface area contributed by atoms with Crippen LogP contribution in [0.4, 0.5) is 0 Å². The molecule has 1 aromatic rings. The fraction of sp³-hybridized carbons (Fsp3) is 0.455. The molecule has 0 amide bonds. The van der Waals surface area contributed by atoms with Gasteiger partial charge in [0.05, 0.1) is 18.9 Å². The van der Waals surface area contributed by atoms with Gasteiger partial charge in [-0.2, -0.15) is 0 Å². The Bertz CT molecular complexity index is 317. The van der Waals surface area contributed by atoms with E-state index < -0.39 is 12.2 Å². The summed E-state index contributed by atoms with van der Waals surface area (Å²) in [7, 11) is 0. The predicted molar refractivity (Wildman–Crippen MR) is 55.0 cm³/mol. The molecule has 1 heterocycles. The Balaban J connectivity index is 2.26. The second-order valence-electron chi connectivity index (χ2n) is 3.83. The van der Waals surface area contributed by atoms with Crippen molar-refractivity contribution in [1.82, 2.24) is 4.90 Å². The van der Waals surface area contributed by atoms with Crippen LogP contribution in [0.15, 0.2) is 30.3 Å². The standard InChI is InChI=1S/C11H15NO3/c13-7-12-6-9(14)11(15)10(12)8-4-2-1-3-5-8/h1-5,9-11,13-15H,6-7H2/t9-,10+,11-/m1/s1. The second-order valence-corrected chi connectivity index (χ2v) is 3.83. The molecule has 15 heavy (non-hydrogen) atoms. The largest absolute Gasteiger partial charge is 0.389 e. The monoisotopic (exact) mass is 209 g/mol. The Morgan fingerprint density at radius 2 is 1.87 bits per heavy atom. The van der Waals surface area contributed by atoms with Crippen molar-refractivity contribution in [3.63, 3.8) is 0 Å². The Morgan fingerprint density at radius 3 is 2.47 bits per heavy atom. The molecule has 0 bridgehead atoms. The van der Waals surface area contributed by atoms with Crippen LogP contribution in [0.5, 0.6) is 0 Å². The van der Waals surface area contributed by atoms with Crippen LogP contribution < -0.4 is 0 Å². The van der Waals surface area contributed by atoms with E-state index in [0.717, 1.165) is 5.56 Å². The first-order valence-corrected chi connectivity index (χ1v) is 5.00. The molecule has 1 aromatic carbocycles. The lowest BCUT2D eigenvalue weighted by Gasteiger charge is -2.23. The summed E-state index contributed by atoms with van der Waals surface area (Å²) in [4.78, 5) is 1.66. The summed E-state index contributed by atoms with van der Waals surface area (Å²) in [5.41, 5.74) is 0.913. The molecule has 3 atom stereocenters. The maximum Gasteiger partial charge on any atom is 0.101 e. The lowest BCUT2D eigenvalue weighted by Crippen LogP contribution is -2.28. The van der Waals surface area contributed by atoms with Gasteiger partial charge in [-0.15, -0.1) is 0 Å². The van der Waals surface area contributed by atoms with Gasteiger partial charge in [0.1, 0.15) is 6.10 Å². The number of benzene rings is 1. The van der Waals surface area contributed by atoms with E-state index in [1.54, 1.807) is 4.90 Å². The number of nitrogens with zero attached hydrogens (tertiary/aromatic N) is 1. The zero-order chi connectivity index (χ0) is 10.8. The number of likely N-dealkylation sites (tertiary alicyclic amines) is 1. The van der Waals surface area contributed by atoms with Gasteiger partial charge in [-0.05, 0) is 5.56 Å². The molecule has 1 fully saturated rings. The summed E-state index contributed by atoms with van der Waals surface area (Å²) in [6.07, 6.45) is -1.62. The van der Waals surface area contributed by atoms with E-state index in [2.05, 4.69) is 0 Å². The molecule has 0 saturated carbocycles. The molecular formula is C11H15NO3. The summed E-state index contributed by atoms with van der Waals surface area (Å²) in [6, 6.07) is 9.10. The number of hydrogen-bond donors (Lipinski definition) is 3. The van der Waals surface area contributed by atoms with Gasteiger partial charge in [-0.25, -0.2) is 0 Å². The van der Waals surface area contributed by atoms with E-state index in [0.29, 0.717) is 6.54 Å². The van der Waals surface area contributed by atoms with E-state index in [1.807, 2.05) is 30.3 Å². The van der Waals surface area contributed by atoms with Crippen molar-refractivity contribution in [1.29, 1.82) is 0 Å². The number of β-amino-alcohol motifs (C(OH)–C–C–N with tert-alkyl or cyclic N) is 1. The minimum atomic E-state index is -0.834. The molecule has 0 radical (unpaired) electrons. The first kappa shape index (κ1) is 10.6. The van der Waals surface area contributed by atoms with Crippen molar-refractivity contribution in [2.24, 2.45) is 0 Å². The van der Waals surface area contributed by atoms with Gasteiger partial charge in [0.25, 0.3) is 0 Å². The Morgan fingerprint density at radius 1 is 1.20 bits per heavy atom. The van der Waals surface area contributed by atoms with Gasteiger partial charge in [-0.1, -0.05) is 30.3 Å². The van der Waals surface area contributed by atoms with Crippen molar-refractivity contribution in [2.75, 3.05) is 13.3 Å². The van der Waals surface area contributed by atoms with Crippen LogP contribution >= 0.6 is 0 Å². The van der Waals surface area contributed by atoms with Crippen LogP contribution in [0.2, 0.25) is 0 Å². The molecule has 0 aliphatic carbocycles. The third-order valence-electron chi connectivity index (χ3n) is 2.86. The number of hydrogen-bond acceptors (Lipinski definition) is 4. The SMILES string of the molecule is OCN1C[C@@H](O)[C@@H](O)[C@@H]1c1ccccc1. The molecule has 0 unspecified atom stereocenters.